The van der Waals surface area contributed by atoms with E-state index in [1.807, 2.05) is 6.92 Å². The number of hydrogen-bond donors (Lipinski definition) is 1. The van der Waals surface area contributed by atoms with Crippen LogP contribution in [0.2, 0.25) is 5.02 Å². The lowest BCUT2D eigenvalue weighted by atomic mass is 10.00. The van der Waals surface area contributed by atoms with Crippen molar-refractivity contribution < 1.29 is 4.74 Å². The van der Waals surface area contributed by atoms with E-state index in [0.29, 0.717) is 0 Å². The van der Waals surface area contributed by atoms with Gasteiger partial charge in [0.1, 0.15) is 0 Å². The third kappa shape index (κ3) is 2.17. The average molecular weight is 226 g/mol. The Morgan fingerprint density at radius 3 is 2.73 bits per heavy atom. The predicted octanol–water partition coefficient (Wildman–Crippen LogP) is 2.62. The molecule has 0 aromatic heterocycles. The molecule has 15 heavy (non-hydrogen) atoms. The molecule has 82 valence electrons. The zero-order valence-corrected chi connectivity index (χ0v) is 9.90. The van der Waals surface area contributed by atoms with Crippen molar-refractivity contribution in [1.82, 2.24) is 5.32 Å². The van der Waals surface area contributed by atoms with E-state index in [9.17, 15) is 0 Å². The topological polar surface area (TPSA) is 21.3 Å². The van der Waals surface area contributed by atoms with Gasteiger partial charge < -0.3 is 10.1 Å². The molecular formula is C12H16ClNO. The molecule has 1 saturated heterocycles. The number of halogens is 1. The van der Waals surface area contributed by atoms with Gasteiger partial charge in [-0.3, -0.25) is 0 Å². The van der Waals surface area contributed by atoms with Gasteiger partial charge in [0.05, 0.1) is 12.7 Å². The lowest BCUT2D eigenvalue weighted by Gasteiger charge is -2.26. The molecule has 1 atom stereocenters. The predicted molar refractivity (Wildman–Crippen MR) is 62.5 cm³/mol. The monoisotopic (exact) mass is 225 g/mol. The molecule has 0 radical (unpaired) electrons. The molecule has 0 amide bonds. The van der Waals surface area contributed by atoms with Crippen LogP contribution in [0.3, 0.4) is 0 Å². The largest absolute Gasteiger partial charge is 0.371 e. The Balaban J connectivity index is 2.36. The molecule has 1 fully saturated rings. The molecule has 3 heteroatoms. The highest BCUT2D eigenvalue weighted by molar-refractivity contribution is 6.32. The number of aryl methyl sites for hydroxylation is 2. The molecule has 1 aromatic rings. The van der Waals surface area contributed by atoms with Crippen molar-refractivity contribution in [2.45, 2.75) is 20.0 Å². The molecule has 0 aliphatic carbocycles. The smallest absolute Gasteiger partial charge is 0.0966 e. The Kier molecular flexibility index (Phi) is 3.29. The van der Waals surface area contributed by atoms with Crippen molar-refractivity contribution in [2.75, 3.05) is 19.7 Å². The highest BCUT2D eigenvalue weighted by Gasteiger charge is 2.20. The summed E-state index contributed by atoms with van der Waals surface area (Å²) in [5.41, 5.74) is 3.47. The third-order valence-corrected chi connectivity index (χ3v) is 3.34. The normalized spacial score (nSPS) is 21.7. The molecule has 0 spiro atoms. The van der Waals surface area contributed by atoms with Gasteiger partial charge in [-0.05, 0) is 25.0 Å². The number of hydrogen-bond acceptors (Lipinski definition) is 2. The van der Waals surface area contributed by atoms with E-state index in [1.165, 1.54) is 5.56 Å². The van der Waals surface area contributed by atoms with Crippen LogP contribution in [-0.4, -0.2) is 19.7 Å². The number of benzene rings is 1. The molecule has 0 bridgehead atoms. The summed E-state index contributed by atoms with van der Waals surface area (Å²) in [5, 5.41) is 4.17. The summed E-state index contributed by atoms with van der Waals surface area (Å²) in [4.78, 5) is 0. The van der Waals surface area contributed by atoms with Crippen molar-refractivity contribution in [2.24, 2.45) is 0 Å². The lowest BCUT2D eigenvalue weighted by molar-refractivity contribution is 0.0273. The molecule has 1 aliphatic rings. The molecule has 1 heterocycles. The van der Waals surface area contributed by atoms with E-state index >= 15 is 0 Å². The van der Waals surface area contributed by atoms with Gasteiger partial charge in [0.15, 0.2) is 0 Å². The number of nitrogens with one attached hydrogen (secondary N) is 1. The third-order valence-electron chi connectivity index (χ3n) is 2.84. The second kappa shape index (κ2) is 4.52. The van der Waals surface area contributed by atoms with Gasteiger partial charge in [-0.1, -0.05) is 23.7 Å². The van der Waals surface area contributed by atoms with Gasteiger partial charge in [0, 0.05) is 23.7 Å². The van der Waals surface area contributed by atoms with Crippen molar-refractivity contribution in [3.05, 3.63) is 33.8 Å². The molecule has 1 unspecified atom stereocenters. The molecule has 1 N–H and O–H groups in total. The van der Waals surface area contributed by atoms with Crippen LogP contribution in [0, 0.1) is 13.8 Å². The highest BCUT2D eigenvalue weighted by Crippen LogP contribution is 2.31. The zero-order valence-electron chi connectivity index (χ0n) is 9.14. The molecule has 0 saturated carbocycles. The maximum Gasteiger partial charge on any atom is 0.0966 e. The SMILES string of the molecule is Cc1ccc(C)c(C2CNCCO2)c1Cl. The minimum atomic E-state index is 0.103. The summed E-state index contributed by atoms with van der Waals surface area (Å²) in [6, 6.07) is 4.16. The first-order valence-electron chi connectivity index (χ1n) is 5.28. The second-order valence-electron chi connectivity index (χ2n) is 3.99. The van der Waals surface area contributed by atoms with Gasteiger partial charge >= 0.3 is 0 Å². The number of morpholine rings is 1. The van der Waals surface area contributed by atoms with Gasteiger partial charge in [-0.15, -0.1) is 0 Å². The van der Waals surface area contributed by atoms with Gasteiger partial charge in [0.2, 0.25) is 0 Å². The van der Waals surface area contributed by atoms with Crippen LogP contribution in [-0.2, 0) is 4.74 Å². The van der Waals surface area contributed by atoms with Crippen molar-refractivity contribution >= 4 is 11.6 Å². The van der Waals surface area contributed by atoms with Crippen LogP contribution in [0.5, 0.6) is 0 Å². The average Bonchev–Trinajstić information content (AvgIpc) is 2.26. The Hall–Kier alpha value is -0.570. The van der Waals surface area contributed by atoms with Crippen molar-refractivity contribution in [3.8, 4) is 0 Å². The van der Waals surface area contributed by atoms with Crippen molar-refractivity contribution in [3.63, 3.8) is 0 Å². The summed E-state index contributed by atoms with van der Waals surface area (Å²) >= 11 is 6.32. The number of ether oxygens (including phenoxy) is 1. The quantitative estimate of drug-likeness (QED) is 0.794. The van der Waals surface area contributed by atoms with E-state index in [4.69, 9.17) is 16.3 Å². The van der Waals surface area contributed by atoms with E-state index in [0.717, 1.165) is 35.8 Å². The van der Waals surface area contributed by atoms with E-state index < -0.39 is 0 Å². The van der Waals surface area contributed by atoms with E-state index in [2.05, 4.69) is 24.4 Å². The summed E-state index contributed by atoms with van der Waals surface area (Å²) in [6.45, 7) is 6.65. The summed E-state index contributed by atoms with van der Waals surface area (Å²) in [6.07, 6.45) is 0.103. The fraction of sp³-hybridized carbons (Fsp3) is 0.500. The first kappa shape index (κ1) is 10.9. The standard InChI is InChI=1S/C12H16ClNO/c1-8-3-4-9(2)12(13)11(8)10-7-14-5-6-15-10/h3-4,10,14H,5-7H2,1-2H3. The minimum Gasteiger partial charge on any atom is -0.371 e. The molecule has 1 aliphatic heterocycles. The summed E-state index contributed by atoms with van der Waals surface area (Å²) in [7, 11) is 0. The molecule has 2 nitrogen and oxygen atoms in total. The van der Waals surface area contributed by atoms with E-state index in [-0.39, 0.29) is 6.10 Å². The zero-order chi connectivity index (χ0) is 10.8. The maximum absolute atomic E-state index is 6.32. The highest BCUT2D eigenvalue weighted by atomic mass is 35.5. The fourth-order valence-electron chi connectivity index (χ4n) is 1.94. The van der Waals surface area contributed by atoms with Crippen LogP contribution in [0.15, 0.2) is 12.1 Å². The van der Waals surface area contributed by atoms with Crippen LogP contribution in [0.25, 0.3) is 0 Å². The van der Waals surface area contributed by atoms with Crippen LogP contribution in [0.4, 0.5) is 0 Å². The maximum atomic E-state index is 6.32. The molecule has 2 rings (SSSR count). The van der Waals surface area contributed by atoms with Gasteiger partial charge in [0.25, 0.3) is 0 Å². The summed E-state index contributed by atoms with van der Waals surface area (Å²) < 4.78 is 5.73. The van der Waals surface area contributed by atoms with Crippen molar-refractivity contribution in [1.29, 1.82) is 0 Å². The Bertz CT molecular complexity index is 359. The van der Waals surface area contributed by atoms with Gasteiger partial charge in [-0.2, -0.15) is 0 Å². The van der Waals surface area contributed by atoms with Gasteiger partial charge in [-0.25, -0.2) is 0 Å². The first-order chi connectivity index (χ1) is 7.20. The summed E-state index contributed by atoms with van der Waals surface area (Å²) in [5.74, 6) is 0. The Morgan fingerprint density at radius 1 is 1.33 bits per heavy atom. The molecular weight excluding hydrogens is 210 g/mol. The van der Waals surface area contributed by atoms with Crippen LogP contribution < -0.4 is 5.32 Å². The van der Waals surface area contributed by atoms with E-state index in [1.54, 1.807) is 0 Å². The number of rotatable bonds is 1. The van der Waals surface area contributed by atoms with Crippen LogP contribution >= 0.6 is 11.6 Å². The second-order valence-corrected chi connectivity index (χ2v) is 4.37. The minimum absolute atomic E-state index is 0.103. The fourth-order valence-corrected chi connectivity index (χ4v) is 2.28. The first-order valence-corrected chi connectivity index (χ1v) is 5.66. The van der Waals surface area contributed by atoms with Crippen LogP contribution in [0.1, 0.15) is 22.8 Å². The Labute approximate surface area is 95.6 Å². The molecule has 1 aromatic carbocycles. The Morgan fingerprint density at radius 2 is 2.07 bits per heavy atom. The lowest BCUT2D eigenvalue weighted by Crippen LogP contribution is -2.33.